The van der Waals surface area contributed by atoms with Crippen LogP contribution in [0, 0.1) is 0 Å². The van der Waals surface area contributed by atoms with Crippen LogP contribution in [0.2, 0.25) is 0 Å². The first-order valence-electron chi connectivity index (χ1n) is 4.51. The summed E-state index contributed by atoms with van der Waals surface area (Å²) >= 11 is 0. The molecule has 0 unspecified atom stereocenters. The van der Waals surface area contributed by atoms with E-state index >= 15 is 0 Å². The second kappa shape index (κ2) is 4.69. The number of hydrogen-bond acceptors (Lipinski definition) is 2. The monoisotopic (exact) mass is 185 g/mol. The number of rotatable bonds is 3. The Hall–Kier alpha value is -1.26. The van der Waals surface area contributed by atoms with Crippen molar-refractivity contribution in [1.82, 2.24) is 10.2 Å². The molecule has 0 aliphatic carbocycles. The zero-order valence-electron chi connectivity index (χ0n) is 7.58. The summed E-state index contributed by atoms with van der Waals surface area (Å²) in [6.45, 7) is 2.05. The molecule has 1 fully saturated rings. The lowest BCUT2D eigenvalue weighted by Gasteiger charge is -2.14. The van der Waals surface area contributed by atoms with Crippen molar-refractivity contribution in [2.45, 2.75) is 19.3 Å². The molecule has 1 aliphatic rings. The Morgan fingerprint density at radius 3 is 2.46 bits per heavy atom. The molecule has 13 heavy (non-hydrogen) atoms. The van der Waals surface area contributed by atoms with Crippen molar-refractivity contribution >= 4 is 11.9 Å². The molecule has 0 aromatic rings. The number of nitrogens with zero attached hydrogens (tertiary/aromatic N) is 1. The highest BCUT2D eigenvalue weighted by Gasteiger charge is 2.16. The lowest BCUT2D eigenvalue weighted by Crippen LogP contribution is -2.34. The first kappa shape index (κ1) is 9.83. The molecule has 1 saturated heterocycles. The van der Waals surface area contributed by atoms with E-state index in [-0.39, 0.29) is 5.91 Å². The van der Waals surface area contributed by atoms with E-state index in [4.69, 9.17) is 5.73 Å². The number of nitrogens with one attached hydrogen (secondary N) is 1. The summed E-state index contributed by atoms with van der Waals surface area (Å²) in [4.78, 5) is 23.5. The molecule has 1 heterocycles. The van der Waals surface area contributed by atoms with Gasteiger partial charge in [-0.3, -0.25) is 4.79 Å². The van der Waals surface area contributed by atoms with Crippen LogP contribution in [-0.2, 0) is 4.79 Å². The predicted octanol–water partition coefficient (Wildman–Crippen LogP) is -0.333. The van der Waals surface area contributed by atoms with Gasteiger partial charge in [-0.15, -0.1) is 0 Å². The van der Waals surface area contributed by atoms with Crippen LogP contribution in [0.15, 0.2) is 0 Å². The van der Waals surface area contributed by atoms with E-state index in [1.54, 1.807) is 0 Å². The standard InChI is InChI=1S/C8H15N3O2/c9-8(13)10-4-3-7(12)11-5-1-2-6-11/h1-6H2,(H3,9,10,13). The van der Waals surface area contributed by atoms with Crippen LogP contribution in [0.4, 0.5) is 4.79 Å². The highest BCUT2D eigenvalue weighted by Crippen LogP contribution is 2.08. The molecule has 1 aliphatic heterocycles. The maximum Gasteiger partial charge on any atom is 0.312 e. The fraction of sp³-hybridized carbons (Fsp3) is 0.750. The number of carbonyl (C=O) groups excluding carboxylic acids is 2. The van der Waals surface area contributed by atoms with E-state index in [0.717, 1.165) is 25.9 Å². The highest BCUT2D eigenvalue weighted by molar-refractivity contribution is 5.77. The molecule has 0 aromatic carbocycles. The molecule has 1 rings (SSSR count). The lowest BCUT2D eigenvalue weighted by molar-refractivity contribution is -0.129. The summed E-state index contributed by atoms with van der Waals surface area (Å²) in [6.07, 6.45) is 2.53. The van der Waals surface area contributed by atoms with Crippen molar-refractivity contribution in [3.05, 3.63) is 0 Å². The second-order valence-electron chi connectivity index (χ2n) is 3.13. The third-order valence-corrected chi connectivity index (χ3v) is 2.10. The van der Waals surface area contributed by atoms with Crippen molar-refractivity contribution in [2.24, 2.45) is 5.73 Å². The van der Waals surface area contributed by atoms with Crippen LogP contribution in [0.3, 0.4) is 0 Å². The van der Waals surface area contributed by atoms with Crippen molar-refractivity contribution in [2.75, 3.05) is 19.6 Å². The summed E-state index contributed by atoms with van der Waals surface area (Å²) in [5.74, 6) is 0.103. The van der Waals surface area contributed by atoms with Crippen molar-refractivity contribution in [3.8, 4) is 0 Å². The molecule has 0 saturated carbocycles. The summed E-state index contributed by atoms with van der Waals surface area (Å²) in [7, 11) is 0. The maximum absolute atomic E-state index is 11.4. The first-order valence-corrected chi connectivity index (χ1v) is 4.51. The fourth-order valence-corrected chi connectivity index (χ4v) is 1.42. The van der Waals surface area contributed by atoms with Gasteiger partial charge in [-0.1, -0.05) is 0 Å². The Kier molecular flexibility index (Phi) is 3.54. The van der Waals surface area contributed by atoms with E-state index in [9.17, 15) is 9.59 Å². The molecule has 5 nitrogen and oxygen atoms in total. The Labute approximate surface area is 77.3 Å². The number of carbonyl (C=O) groups is 2. The third-order valence-electron chi connectivity index (χ3n) is 2.10. The summed E-state index contributed by atoms with van der Waals surface area (Å²) in [5, 5.41) is 2.39. The van der Waals surface area contributed by atoms with Gasteiger partial charge in [0.2, 0.25) is 5.91 Å². The van der Waals surface area contributed by atoms with Gasteiger partial charge in [-0.25, -0.2) is 4.79 Å². The summed E-state index contributed by atoms with van der Waals surface area (Å²) < 4.78 is 0. The average molecular weight is 185 g/mol. The number of likely N-dealkylation sites (tertiary alicyclic amines) is 1. The topological polar surface area (TPSA) is 75.4 Å². The largest absolute Gasteiger partial charge is 0.352 e. The third kappa shape index (κ3) is 3.31. The van der Waals surface area contributed by atoms with Gasteiger partial charge < -0.3 is 16.0 Å². The second-order valence-corrected chi connectivity index (χ2v) is 3.13. The molecular weight excluding hydrogens is 170 g/mol. The predicted molar refractivity (Wildman–Crippen MR) is 48.0 cm³/mol. The van der Waals surface area contributed by atoms with E-state index in [2.05, 4.69) is 5.32 Å². The van der Waals surface area contributed by atoms with Crippen LogP contribution in [0.25, 0.3) is 0 Å². The number of amides is 3. The Bertz CT molecular complexity index is 200. The molecule has 3 amide bonds. The number of nitrogens with two attached hydrogens (primary N) is 1. The van der Waals surface area contributed by atoms with Gasteiger partial charge in [0, 0.05) is 26.1 Å². The van der Waals surface area contributed by atoms with Gasteiger partial charge in [0.25, 0.3) is 0 Å². The molecule has 5 heteroatoms. The number of primary amides is 1. The summed E-state index contributed by atoms with van der Waals surface area (Å²) in [5.41, 5.74) is 4.86. The van der Waals surface area contributed by atoms with Crippen molar-refractivity contribution in [3.63, 3.8) is 0 Å². The van der Waals surface area contributed by atoms with Crippen LogP contribution in [0.5, 0.6) is 0 Å². The van der Waals surface area contributed by atoms with Crippen LogP contribution in [-0.4, -0.2) is 36.5 Å². The van der Waals surface area contributed by atoms with E-state index in [0.29, 0.717) is 13.0 Å². The van der Waals surface area contributed by atoms with E-state index in [1.807, 2.05) is 4.90 Å². The quantitative estimate of drug-likeness (QED) is 0.631. The SMILES string of the molecule is NC(=O)NCCC(=O)N1CCCC1. The molecule has 0 aromatic heterocycles. The fourth-order valence-electron chi connectivity index (χ4n) is 1.42. The molecule has 74 valence electrons. The van der Waals surface area contributed by atoms with Gasteiger partial charge in [0.1, 0.15) is 0 Å². The zero-order valence-corrected chi connectivity index (χ0v) is 7.58. The zero-order chi connectivity index (χ0) is 9.68. The molecule has 3 N–H and O–H groups in total. The van der Waals surface area contributed by atoms with Crippen molar-refractivity contribution in [1.29, 1.82) is 0 Å². The normalized spacial score (nSPS) is 15.8. The smallest absolute Gasteiger partial charge is 0.312 e. The molecule has 0 spiro atoms. The van der Waals surface area contributed by atoms with Crippen molar-refractivity contribution < 1.29 is 9.59 Å². The maximum atomic E-state index is 11.4. The van der Waals surface area contributed by atoms with Gasteiger partial charge >= 0.3 is 6.03 Å². The van der Waals surface area contributed by atoms with E-state index < -0.39 is 6.03 Å². The summed E-state index contributed by atoms with van der Waals surface area (Å²) in [6, 6.07) is -0.575. The van der Waals surface area contributed by atoms with Crippen LogP contribution >= 0.6 is 0 Å². The minimum Gasteiger partial charge on any atom is -0.352 e. The average Bonchev–Trinajstić information content (AvgIpc) is 2.55. The van der Waals surface area contributed by atoms with Gasteiger partial charge in [0.15, 0.2) is 0 Å². The number of hydrogen-bond donors (Lipinski definition) is 2. The molecular formula is C8H15N3O2. The van der Waals surface area contributed by atoms with Crippen LogP contribution < -0.4 is 11.1 Å². The Balaban J connectivity index is 2.13. The van der Waals surface area contributed by atoms with Gasteiger partial charge in [0.05, 0.1) is 0 Å². The molecule has 0 atom stereocenters. The molecule has 0 radical (unpaired) electrons. The van der Waals surface area contributed by atoms with Crippen LogP contribution in [0.1, 0.15) is 19.3 Å². The number of urea groups is 1. The Morgan fingerprint density at radius 2 is 1.92 bits per heavy atom. The lowest BCUT2D eigenvalue weighted by atomic mass is 10.3. The van der Waals surface area contributed by atoms with Gasteiger partial charge in [-0.05, 0) is 12.8 Å². The van der Waals surface area contributed by atoms with E-state index in [1.165, 1.54) is 0 Å². The molecule has 0 bridgehead atoms. The van der Waals surface area contributed by atoms with Gasteiger partial charge in [-0.2, -0.15) is 0 Å². The minimum absolute atomic E-state index is 0.103. The minimum atomic E-state index is -0.575. The first-order chi connectivity index (χ1) is 6.20. The Morgan fingerprint density at radius 1 is 1.31 bits per heavy atom. The highest BCUT2D eigenvalue weighted by atomic mass is 16.2.